The summed E-state index contributed by atoms with van der Waals surface area (Å²) in [6, 6.07) is 7.15. The molecule has 4 rings (SSSR count). The van der Waals surface area contributed by atoms with Crippen molar-refractivity contribution in [2.75, 3.05) is 24.4 Å². The molecule has 38 heavy (non-hydrogen) atoms. The molecule has 202 valence electrons. The van der Waals surface area contributed by atoms with Crippen molar-refractivity contribution < 1.29 is 23.9 Å². The van der Waals surface area contributed by atoms with Crippen molar-refractivity contribution in [2.45, 2.75) is 52.5 Å². The van der Waals surface area contributed by atoms with Gasteiger partial charge in [-0.2, -0.15) is 0 Å². The highest BCUT2D eigenvalue weighted by Crippen LogP contribution is 2.42. The maximum absolute atomic E-state index is 13.7. The molecule has 2 heterocycles. The van der Waals surface area contributed by atoms with Gasteiger partial charge in [0.1, 0.15) is 16.3 Å². The first-order valence-corrected chi connectivity index (χ1v) is 14.4. The molecule has 0 aliphatic heterocycles. The molecule has 0 atom stereocenters. The van der Waals surface area contributed by atoms with E-state index >= 15 is 0 Å². The Morgan fingerprint density at radius 1 is 1.11 bits per heavy atom. The van der Waals surface area contributed by atoms with Gasteiger partial charge in [-0.15, -0.1) is 22.7 Å². The van der Waals surface area contributed by atoms with Crippen LogP contribution >= 0.6 is 22.7 Å². The van der Waals surface area contributed by atoms with Crippen molar-refractivity contribution in [3.8, 4) is 16.2 Å². The Bertz CT molecular complexity index is 1290. The number of benzene rings is 1. The smallest absolute Gasteiger partial charge is 0.350 e. The molecular weight excluding hydrogens is 522 g/mol. The van der Waals surface area contributed by atoms with E-state index in [4.69, 9.17) is 9.47 Å². The van der Waals surface area contributed by atoms with Gasteiger partial charge in [-0.05, 0) is 69.2 Å². The van der Waals surface area contributed by atoms with Gasteiger partial charge in [0.2, 0.25) is 5.91 Å². The van der Waals surface area contributed by atoms with Crippen LogP contribution in [0.25, 0.3) is 10.4 Å². The van der Waals surface area contributed by atoms with Gasteiger partial charge in [0.15, 0.2) is 0 Å². The number of esters is 1. The number of thiophene rings is 1. The predicted molar refractivity (Wildman–Crippen MR) is 151 cm³/mol. The summed E-state index contributed by atoms with van der Waals surface area (Å²) < 4.78 is 10.7. The van der Waals surface area contributed by atoms with Crippen molar-refractivity contribution in [1.82, 2.24) is 4.98 Å². The number of thiazole rings is 1. The minimum atomic E-state index is -0.480. The van der Waals surface area contributed by atoms with Crippen molar-refractivity contribution in [3.63, 3.8) is 0 Å². The number of anilines is 2. The molecule has 2 amide bonds. The normalized spacial score (nSPS) is 17.2. The summed E-state index contributed by atoms with van der Waals surface area (Å²) in [5, 5.41) is 4.50. The molecule has 2 aromatic heterocycles. The molecule has 0 radical (unpaired) electrons. The lowest BCUT2D eigenvalue weighted by molar-refractivity contribution is -0.123. The summed E-state index contributed by atoms with van der Waals surface area (Å²) in [5.74, 6) is 0.295. The van der Waals surface area contributed by atoms with Gasteiger partial charge in [0, 0.05) is 22.2 Å². The molecule has 1 fully saturated rings. The Hall–Kier alpha value is -3.24. The Kier molecular flexibility index (Phi) is 8.83. The quantitative estimate of drug-likeness (QED) is 0.319. The van der Waals surface area contributed by atoms with Crippen LogP contribution in [0.15, 0.2) is 35.2 Å². The Morgan fingerprint density at radius 2 is 1.84 bits per heavy atom. The number of methoxy groups -OCH3 is 2. The molecule has 10 heteroatoms. The summed E-state index contributed by atoms with van der Waals surface area (Å²) >= 11 is 2.62. The fourth-order valence-corrected chi connectivity index (χ4v) is 6.35. The molecule has 0 spiro atoms. The molecule has 1 aliphatic rings. The topological polar surface area (TPSA) is 97.8 Å². The summed E-state index contributed by atoms with van der Waals surface area (Å²) in [6.07, 6.45) is 3.79. The summed E-state index contributed by atoms with van der Waals surface area (Å²) in [5.41, 5.74) is 3.79. The highest BCUT2D eigenvalue weighted by atomic mass is 32.1. The highest BCUT2D eigenvalue weighted by Gasteiger charge is 2.33. The van der Waals surface area contributed by atoms with Crippen LogP contribution in [0.2, 0.25) is 0 Å². The highest BCUT2D eigenvalue weighted by molar-refractivity contribution is 7.18. The first-order chi connectivity index (χ1) is 18.2. The first-order valence-electron chi connectivity index (χ1n) is 12.7. The van der Waals surface area contributed by atoms with E-state index < -0.39 is 5.97 Å². The number of ether oxygens (including phenoxy) is 2. The number of hydrogen-bond acceptors (Lipinski definition) is 8. The first kappa shape index (κ1) is 27.8. The van der Waals surface area contributed by atoms with Gasteiger partial charge in [-0.1, -0.05) is 13.0 Å². The number of carbonyl (C=O) groups is 3. The second-order valence-corrected chi connectivity index (χ2v) is 11.6. The van der Waals surface area contributed by atoms with E-state index in [0.717, 1.165) is 36.1 Å². The van der Waals surface area contributed by atoms with Gasteiger partial charge in [-0.3, -0.25) is 9.59 Å². The van der Waals surface area contributed by atoms with Crippen molar-refractivity contribution in [2.24, 2.45) is 11.8 Å². The number of rotatable bonds is 8. The zero-order valence-electron chi connectivity index (χ0n) is 22.3. The molecule has 1 aromatic carbocycles. The standard InChI is InChI=1S/C28H33N3O5S2/c1-16(2)31(27(33)18-8-6-17(3)7-9-18)22-13-24(38-25(22)28(34)36-5)19-10-11-20(23(12-19)35-4)30-26(32)21-14-37-15-29-21/h10-18H,6-9H2,1-5H3,(H,30,32)/t17-,18-. The van der Waals surface area contributed by atoms with Crippen LogP contribution in [0.3, 0.4) is 0 Å². The number of nitrogens with one attached hydrogen (secondary N) is 1. The molecule has 8 nitrogen and oxygen atoms in total. The van der Waals surface area contributed by atoms with E-state index in [-0.39, 0.29) is 23.8 Å². The van der Waals surface area contributed by atoms with Gasteiger partial charge in [0.25, 0.3) is 5.91 Å². The van der Waals surface area contributed by atoms with Crippen LogP contribution in [-0.4, -0.2) is 43.0 Å². The van der Waals surface area contributed by atoms with E-state index in [0.29, 0.717) is 33.6 Å². The second kappa shape index (κ2) is 12.1. The van der Waals surface area contributed by atoms with Crippen LogP contribution < -0.4 is 15.0 Å². The summed E-state index contributed by atoms with van der Waals surface area (Å²) in [7, 11) is 2.87. The maximum atomic E-state index is 13.7. The van der Waals surface area contributed by atoms with Crippen LogP contribution in [0, 0.1) is 11.8 Å². The number of aromatic nitrogens is 1. The fraction of sp³-hybridized carbons (Fsp3) is 0.429. The monoisotopic (exact) mass is 555 g/mol. The van der Waals surface area contributed by atoms with E-state index in [1.807, 2.05) is 26.0 Å². The SMILES string of the molecule is COC(=O)c1sc(-c2ccc(NC(=O)c3cscn3)c(OC)c2)cc1N(C(=O)[C@H]1CC[C@H](C)CC1)C(C)C. The molecule has 3 aromatic rings. The van der Waals surface area contributed by atoms with Crippen LogP contribution in [0.5, 0.6) is 5.75 Å². The molecule has 0 bridgehead atoms. The number of nitrogens with zero attached hydrogens (tertiary/aromatic N) is 2. The minimum Gasteiger partial charge on any atom is -0.495 e. The predicted octanol–water partition coefficient (Wildman–Crippen LogP) is 6.49. The van der Waals surface area contributed by atoms with Gasteiger partial charge >= 0.3 is 5.97 Å². The average Bonchev–Trinajstić information content (AvgIpc) is 3.60. The lowest BCUT2D eigenvalue weighted by atomic mass is 9.82. The average molecular weight is 556 g/mol. The van der Waals surface area contributed by atoms with E-state index in [2.05, 4.69) is 17.2 Å². The van der Waals surface area contributed by atoms with Crippen LogP contribution in [0.4, 0.5) is 11.4 Å². The number of amides is 2. The van der Waals surface area contributed by atoms with E-state index in [1.54, 1.807) is 27.9 Å². The third kappa shape index (κ3) is 5.91. The zero-order chi connectivity index (χ0) is 27.4. The van der Waals surface area contributed by atoms with Crippen molar-refractivity contribution in [1.29, 1.82) is 0 Å². The summed E-state index contributed by atoms with van der Waals surface area (Å²) in [6.45, 7) is 6.15. The fourth-order valence-electron chi connectivity index (χ4n) is 4.76. The lowest BCUT2D eigenvalue weighted by Gasteiger charge is -2.33. The minimum absolute atomic E-state index is 0.0526. The van der Waals surface area contributed by atoms with Crippen molar-refractivity contribution >= 4 is 51.8 Å². The maximum Gasteiger partial charge on any atom is 0.350 e. The third-order valence-electron chi connectivity index (χ3n) is 6.86. The third-order valence-corrected chi connectivity index (χ3v) is 8.60. The molecule has 1 N–H and O–H groups in total. The Balaban J connectivity index is 1.68. The molecular formula is C28H33N3O5S2. The Labute approximate surface area is 231 Å². The van der Waals surface area contributed by atoms with Crippen molar-refractivity contribution in [3.05, 3.63) is 45.7 Å². The van der Waals surface area contributed by atoms with E-state index in [9.17, 15) is 14.4 Å². The molecule has 0 unspecified atom stereocenters. The van der Waals surface area contributed by atoms with Gasteiger partial charge < -0.3 is 19.7 Å². The molecule has 0 saturated heterocycles. The summed E-state index contributed by atoms with van der Waals surface area (Å²) in [4.78, 5) is 46.0. The Morgan fingerprint density at radius 3 is 2.45 bits per heavy atom. The number of carbonyl (C=O) groups excluding carboxylic acids is 3. The van der Waals surface area contributed by atoms with Gasteiger partial charge in [0.05, 0.1) is 31.1 Å². The molecule has 1 aliphatic carbocycles. The molecule has 1 saturated carbocycles. The van der Waals surface area contributed by atoms with Crippen LogP contribution in [0.1, 0.15) is 66.6 Å². The lowest BCUT2D eigenvalue weighted by Crippen LogP contribution is -2.42. The van der Waals surface area contributed by atoms with Crippen LogP contribution in [-0.2, 0) is 9.53 Å². The second-order valence-electron chi connectivity index (χ2n) is 9.82. The van der Waals surface area contributed by atoms with E-state index in [1.165, 1.54) is 36.9 Å². The number of hydrogen-bond donors (Lipinski definition) is 1. The van der Waals surface area contributed by atoms with Gasteiger partial charge in [-0.25, -0.2) is 9.78 Å². The zero-order valence-corrected chi connectivity index (χ0v) is 23.9. The largest absolute Gasteiger partial charge is 0.495 e.